The van der Waals surface area contributed by atoms with Crippen molar-refractivity contribution in [1.29, 1.82) is 5.26 Å². The topological polar surface area (TPSA) is 74.7 Å². The maximum absolute atomic E-state index is 8.92. The SMILES string of the molecule is Cc1ccc(NCc2c(C)noc2C)nc1C#N. The molecule has 2 rings (SSSR count). The lowest BCUT2D eigenvalue weighted by Gasteiger charge is -2.06. The first kappa shape index (κ1) is 12.1. The van der Waals surface area contributed by atoms with E-state index in [1.807, 2.05) is 32.9 Å². The molecule has 0 aliphatic carbocycles. The lowest BCUT2D eigenvalue weighted by molar-refractivity contribution is 0.392. The number of rotatable bonds is 3. The zero-order valence-corrected chi connectivity index (χ0v) is 10.6. The number of aromatic nitrogens is 2. The van der Waals surface area contributed by atoms with E-state index >= 15 is 0 Å². The highest BCUT2D eigenvalue weighted by atomic mass is 16.5. The summed E-state index contributed by atoms with van der Waals surface area (Å²) in [7, 11) is 0. The van der Waals surface area contributed by atoms with E-state index in [4.69, 9.17) is 9.78 Å². The molecule has 2 aromatic rings. The van der Waals surface area contributed by atoms with Crippen LogP contribution in [0.1, 0.15) is 28.3 Å². The second-order valence-electron chi connectivity index (χ2n) is 4.13. The highest BCUT2D eigenvalue weighted by Crippen LogP contribution is 2.15. The molecule has 18 heavy (non-hydrogen) atoms. The molecule has 0 radical (unpaired) electrons. The van der Waals surface area contributed by atoms with Crippen molar-refractivity contribution in [3.05, 3.63) is 40.4 Å². The second kappa shape index (κ2) is 4.88. The molecule has 0 aliphatic rings. The first-order chi connectivity index (χ1) is 8.61. The van der Waals surface area contributed by atoms with Gasteiger partial charge in [-0.3, -0.25) is 0 Å². The highest BCUT2D eigenvalue weighted by molar-refractivity contribution is 5.43. The van der Waals surface area contributed by atoms with E-state index in [-0.39, 0.29) is 0 Å². The van der Waals surface area contributed by atoms with Gasteiger partial charge in [-0.2, -0.15) is 5.26 Å². The first-order valence-corrected chi connectivity index (χ1v) is 5.65. The van der Waals surface area contributed by atoms with Crippen LogP contribution in [0.3, 0.4) is 0 Å². The Morgan fingerprint density at radius 2 is 2.11 bits per heavy atom. The summed E-state index contributed by atoms with van der Waals surface area (Å²) < 4.78 is 5.08. The lowest BCUT2D eigenvalue weighted by atomic mass is 10.2. The van der Waals surface area contributed by atoms with Gasteiger partial charge in [-0.05, 0) is 32.4 Å². The number of anilines is 1. The van der Waals surface area contributed by atoms with Crippen LogP contribution in [0.2, 0.25) is 0 Å². The quantitative estimate of drug-likeness (QED) is 0.894. The van der Waals surface area contributed by atoms with E-state index < -0.39 is 0 Å². The van der Waals surface area contributed by atoms with Crippen LogP contribution in [0.5, 0.6) is 0 Å². The average Bonchev–Trinajstić information content (AvgIpc) is 2.68. The third-order valence-electron chi connectivity index (χ3n) is 2.83. The largest absolute Gasteiger partial charge is 0.366 e. The fourth-order valence-electron chi connectivity index (χ4n) is 1.67. The zero-order chi connectivity index (χ0) is 13.1. The van der Waals surface area contributed by atoms with Gasteiger partial charge in [0.25, 0.3) is 0 Å². The third-order valence-corrected chi connectivity index (χ3v) is 2.83. The molecule has 0 saturated heterocycles. The van der Waals surface area contributed by atoms with Crippen LogP contribution in [-0.4, -0.2) is 10.1 Å². The van der Waals surface area contributed by atoms with Gasteiger partial charge in [0, 0.05) is 12.1 Å². The third kappa shape index (κ3) is 2.33. The van der Waals surface area contributed by atoms with Crippen LogP contribution >= 0.6 is 0 Å². The molecule has 2 heterocycles. The summed E-state index contributed by atoms with van der Waals surface area (Å²) in [5.41, 5.74) is 3.21. The maximum atomic E-state index is 8.92. The number of aryl methyl sites for hydroxylation is 3. The van der Waals surface area contributed by atoms with Gasteiger partial charge in [-0.15, -0.1) is 0 Å². The number of hydrogen-bond donors (Lipinski definition) is 1. The second-order valence-corrected chi connectivity index (χ2v) is 4.13. The summed E-state index contributed by atoms with van der Waals surface area (Å²) in [6.45, 7) is 6.23. The van der Waals surface area contributed by atoms with Gasteiger partial charge in [0.05, 0.1) is 5.69 Å². The minimum absolute atomic E-state index is 0.443. The van der Waals surface area contributed by atoms with Gasteiger partial charge in [0.1, 0.15) is 23.3 Å². The van der Waals surface area contributed by atoms with Crippen molar-refractivity contribution in [2.24, 2.45) is 0 Å². The Bertz CT molecular complexity index is 590. The van der Waals surface area contributed by atoms with Crippen molar-refractivity contribution in [3.8, 4) is 6.07 Å². The monoisotopic (exact) mass is 242 g/mol. The molecule has 0 atom stereocenters. The van der Waals surface area contributed by atoms with Crippen molar-refractivity contribution in [2.75, 3.05) is 5.32 Å². The first-order valence-electron chi connectivity index (χ1n) is 5.65. The van der Waals surface area contributed by atoms with E-state index in [0.717, 1.165) is 22.6 Å². The Morgan fingerprint density at radius 3 is 2.72 bits per heavy atom. The molecular formula is C13H14N4O. The fraction of sp³-hybridized carbons (Fsp3) is 0.308. The summed E-state index contributed by atoms with van der Waals surface area (Å²) in [6, 6.07) is 5.80. The maximum Gasteiger partial charge on any atom is 0.145 e. The molecule has 2 aromatic heterocycles. The van der Waals surface area contributed by atoms with Crippen LogP contribution in [0.15, 0.2) is 16.7 Å². The van der Waals surface area contributed by atoms with Crippen LogP contribution < -0.4 is 5.32 Å². The summed E-state index contributed by atoms with van der Waals surface area (Å²) in [6.07, 6.45) is 0. The molecule has 92 valence electrons. The molecule has 0 amide bonds. The number of nitrogens with zero attached hydrogens (tertiary/aromatic N) is 3. The Morgan fingerprint density at radius 1 is 1.33 bits per heavy atom. The van der Waals surface area contributed by atoms with Gasteiger partial charge in [0.2, 0.25) is 0 Å². The normalized spacial score (nSPS) is 10.1. The van der Waals surface area contributed by atoms with Crippen LogP contribution in [0.4, 0.5) is 5.82 Å². The van der Waals surface area contributed by atoms with Crippen LogP contribution in [-0.2, 0) is 6.54 Å². The molecule has 0 unspecified atom stereocenters. The highest BCUT2D eigenvalue weighted by Gasteiger charge is 2.09. The van der Waals surface area contributed by atoms with E-state index in [9.17, 15) is 0 Å². The van der Waals surface area contributed by atoms with Crippen molar-refractivity contribution < 1.29 is 4.52 Å². The van der Waals surface area contributed by atoms with Gasteiger partial charge in [-0.25, -0.2) is 4.98 Å². The molecular weight excluding hydrogens is 228 g/mol. The minimum atomic E-state index is 0.443. The van der Waals surface area contributed by atoms with E-state index in [0.29, 0.717) is 18.1 Å². The molecule has 5 heteroatoms. The number of nitriles is 1. The van der Waals surface area contributed by atoms with Gasteiger partial charge >= 0.3 is 0 Å². The van der Waals surface area contributed by atoms with Crippen molar-refractivity contribution >= 4 is 5.82 Å². The van der Waals surface area contributed by atoms with Gasteiger partial charge in [-0.1, -0.05) is 11.2 Å². The Balaban J connectivity index is 2.14. The summed E-state index contributed by atoms with van der Waals surface area (Å²) in [5.74, 6) is 1.48. The van der Waals surface area contributed by atoms with Gasteiger partial charge < -0.3 is 9.84 Å². The van der Waals surface area contributed by atoms with E-state index in [1.54, 1.807) is 0 Å². The predicted molar refractivity (Wildman–Crippen MR) is 67.0 cm³/mol. The molecule has 0 fully saturated rings. The number of hydrogen-bond acceptors (Lipinski definition) is 5. The van der Waals surface area contributed by atoms with Crippen molar-refractivity contribution in [1.82, 2.24) is 10.1 Å². The van der Waals surface area contributed by atoms with Crippen molar-refractivity contribution in [2.45, 2.75) is 27.3 Å². The smallest absolute Gasteiger partial charge is 0.145 e. The Hall–Kier alpha value is -2.35. The lowest BCUT2D eigenvalue weighted by Crippen LogP contribution is -2.04. The van der Waals surface area contributed by atoms with Crippen molar-refractivity contribution in [3.63, 3.8) is 0 Å². The molecule has 1 N–H and O–H groups in total. The Labute approximate surface area is 105 Å². The average molecular weight is 242 g/mol. The molecule has 0 saturated carbocycles. The van der Waals surface area contributed by atoms with Crippen LogP contribution in [0, 0.1) is 32.1 Å². The predicted octanol–water partition coefficient (Wildman–Crippen LogP) is 2.48. The molecule has 5 nitrogen and oxygen atoms in total. The Kier molecular flexibility index (Phi) is 3.28. The standard InChI is InChI=1S/C13H14N4O/c1-8-4-5-13(16-12(8)6-14)15-7-11-9(2)17-18-10(11)3/h4-5H,7H2,1-3H3,(H,15,16). The number of nitrogens with one attached hydrogen (secondary N) is 1. The van der Waals surface area contributed by atoms with Gasteiger partial charge in [0.15, 0.2) is 0 Å². The summed E-state index contributed by atoms with van der Waals surface area (Å²) in [5, 5.41) is 16.0. The van der Waals surface area contributed by atoms with Crippen LogP contribution in [0.25, 0.3) is 0 Å². The fourth-order valence-corrected chi connectivity index (χ4v) is 1.67. The minimum Gasteiger partial charge on any atom is -0.366 e. The molecule has 0 bridgehead atoms. The molecule has 0 spiro atoms. The van der Waals surface area contributed by atoms with E-state index in [2.05, 4.69) is 21.5 Å². The number of pyridine rings is 1. The molecule has 0 aliphatic heterocycles. The van der Waals surface area contributed by atoms with E-state index in [1.165, 1.54) is 0 Å². The summed E-state index contributed by atoms with van der Waals surface area (Å²) >= 11 is 0. The summed E-state index contributed by atoms with van der Waals surface area (Å²) in [4.78, 5) is 4.23. The zero-order valence-electron chi connectivity index (χ0n) is 10.6. The molecule has 0 aromatic carbocycles.